The van der Waals surface area contributed by atoms with Crippen LogP contribution in [0.2, 0.25) is 0 Å². The molecular formula is C15H22N2O3. The molecule has 0 aromatic heterocycles. The summed E-state index contributed by atoms with van der Waals surface area (Å²) in [6.45, 7) is 4.61. The first kappa shape index (κ1) is 14.8. The lowest BCUT2D eigenvalue weighted by Crippen LogP contribution is -2.38. The highest BCUT2D eigenvalue weighted by Crippen LogP contribution is 2.09. The summed E-state index contributed by atoms with van der Waals surface area (Å²) < 4.78 is 10.5. The van der Waals surface area contributed by atoms with Crippen molar-refractivity contribution in [2.24, 2.45) is 0 Å². The summed E-state index contributed by atoms with van der Waals surface area (Å²) >= 11 is 0. The molecule has 5 heteroatoms. The van der Waals surface area contributed by atoms with E-state index < -0.39 is 0 Å². The normalized spacial score (nSPS) is 16.0. The fraction of sp³-hybridized carbons (Fsp3) is 0.533. The molecule has 1 aliphatic rings. The smallest absolute Gasteiger partial charge is 0.306 e. The van der Waals surface area contributed by atoms with Gasteiger partial charge in [-0.25, -0.2) is 0 Å². The molecule has 1 aromatic carbocycles. The number of nitrogens with two attached hydrogens (primary N) is 1. The van der Waals surface area contributed by atoms with E-state index in [1.807, 2.05) is 24.3 Å². The number of nitrogen functional groups attached to an aromatic ring is 1. The summed E-state index contributed by atoms with van der Waals surface area (Å²) in [5, 5.41) is 0. The Hall–Kier alpha value is -1.59. The molecule has 110 valence electrons. The van der Waals surface area contributed by atoms with E-state index in [1.54, 1.807) is 0 Å². The Morgan fingerprint density at radius 1 is 1.35 bits per heavy atom. The van der Waals surface area contributed by atoms with Gasteiger partial charge in [-0.15, -0.1) is 0 Å². The minimum absolute atomic E-state index is 0.152. The summed E-state index contributed by atoms with van der Waals surface area (Å²) in [5.41, 5.74) is 7.49. The number of carbonyl (C=O) groups excluding carboxylic acids is 1. The monoisotopic (exact) mass is 278 g/mol. The van der Waals surface area contributed by atoms with E-state index >= 15 is 0 Å². The molecule has 0 saturated carbocycles. The molecule has 1 saturated heterocycles. The van der Waals surface area contributed by atoms with E-state index in [4.69, 9.17) is 15.2 Å². The molecule has 2 N–H and O–H groups in total. The second-order valence-corrected chi connectivity index (χ2v) is 4.92. The van der Waals surface area contributed by atoms with Crippen LogP contribution in [0.25, 0.3) is 0 Å². The predicted octanol–water partition coefficient (Wildman–Crippen LogP) is 1.08. The SMILES string of the molecule is Nc1cccc(CCC(=O)OCCN2CCOCC2)c1. The summed E-state index contributed by atoms with van der Waals surface area (Å²) in [5.74, 6) is -0.152. The number of hydrogen-bond acceptors (Lipinski definition) is 5. The van der Waals surface area contributed by atoms with Gasteiger partial charge in [-0.1, -0.05) is 12.1 Å². The standard InChI is InChI=1S/C15H22N2O3/c16-14-3-1-2-13(12-14)4-5-15(18)20-11-8-17-6-9-19-10-7-17/h1-3,12H,4-11,16H2. The highest BCUT2D eigenvalue weighted by atomic mass is 16.5. The highest BCUT2D eigenvalue weighted by molar-refractivity contribution is 5.69. The van der Waals surface area contributed by atoms with Crippen molar-refractivity contribution in [1.82, 2.24) is 4.90 Å². The lowest BCUT2D eigenvalue weighted by atomic mass is 10.1. The van der Waals surface area contributed by atoms with Gasteiger partial charge in [0, 0.05) is 31.7 Å². The van der Waals surface area contributed by atoms with Crippen LogP contribution in [0.3, 0.4) is 0 Å². The van der Waals surface area contributed by atoms with Crippen molar-refractivity contribution in [1.29, 1.82) is 0 Å². The Kier molecular flexibility index (Phi) is 5.83. The first-order valence-electron chi connectivity index (χ1n) is 7.04. The van der Waals surface area contributed by atoms with Crippen molar-refractivity contribution in [3.8, 4) is 0 Å². The first-order chi connectivity index (χ1) is 9.74. The van der Waals surface area contributed by atoms with Gasteiger partial charge in [0.1, 0.15) is 6.61 Å². The van der Waals surface area contributed by atoms with Crippen LogP contribution in [0.1, 0.15) is 12.0 Å². The third-order valence-corrected chi connectivity index (χ3v) is 3.34. The maximum atomic E-state index is 11.6. The van der Waals surface area contributed by atoms with Crippen molar-refractivity contribution in [2.45, 2.75) is 12.8 Å². The van der Waals surface area contributed by atoms with E-state index in [2.05, 4.69) is 4.90 Å². The fourth-order valence-corrected chi connectivity index (χ4v) is 2.18. The van der Waals surface area contributed by atoms with Gasteiger partial charge >= 0.3 is 5.97 Å². The zero-order valence-electron chi connectivity index (χ0n) is 11.7. The van der Waals surface area contributed by atoms with E-state index in [-0.39, 0.29) is 5.97 Å². The average molecular weight is 278 g/mol. The largest absolute Gasteiger partial charge is 0.464 e. The number of rotatable bonds is 6. The molecule has 0 amide bonds. The number of aryl methyl sites for hydroxylation is 1. The zero-order chi connectivity index (χ0) is 14.2. The number of benzene rings is 1. The van der Waals surface area contributed by atoms with Gasteiger partial charge < -0.3 is 15.2 Å². The molecule has 0 atom stereocenters. The zero-order valence-corrected chi connectivity index (χ0v) is 11.7. The van der Waals surface area contributed by atoms with Crippen molar-refractivity contribution in [3.05, 3.63) is 29.8 Å². The number of hydrogen-bond donors (Lipinski definition) is 1. The van der Waals surface area contributed by atoms with Gasteiger partial charge in [-0.3, -0.25) is 9.69 Å². The summed E-state index contributed by atoms with van der Waals surface area (Å²) in [7, 11) is 0. The van der Waals surface area contributed by atoms with Crippen LogP contribution in [0.5, 0.6) is 0 Å². The minimum Gasteiger partial charge on any atom is -0.464 e. The van der Waals surface area contributed by atoms with Gasteiger partial charge in [-0.05, 0) is 24.1 Å². The molecule has 1 aromatic rings. The Morgan fingerprint density at radius 2 is 2.15 bits per heavy atom. The van der Waals surface area contributed by atoms with Gasteiger partial charge in [0.2, 0.25) is 0 Å². The Labute approximate surface area is 119 Å². The number of nitrogens with zero attached hydrogens (tertiary/aromatic N) is 1. The molecule has 0 aliphatic carbocycles. The average Bonchev–Trinajstić information content (AvgIpc) is 2.46. The molecule has 0 bridgehead atoms. The van der Waals surface area contributed by atoms with Crippen LogP contribution < -0.4 is 5.73 Å². The van der Waals surface area contributed by atoms with Crippen LogP contribution in [0, 0.1) is 0 Å². The second kappa shape index (κ2) is 7.87. The fourth-order valence-electron chi connectivity index (χ4n) is 2.18. The number of carbonyl (C=O) groups is 1. The van der Waals surface area contributed by atoms with Crippen molar-refractivity contribution in [2.75, 3.05) is 45.2 Å². The highest BCUT2D eigenvalue weighted by Gasteiger charge is 2.11. The van der Waals surface area contributed by atoms with E-state index in [9.17, 15) is 4.79 Å². The summed E-state index contributed by atoms with van der Waals surface area (Å²) in [6.07, 6.45) is 1.06. The van der Waals surface area contributed by atoms with Crippen LogP contribution in [0.15, 0.2) is 24.3 Å². The predicted molar refractivity (Wildman–Crippen MR) is 77.4 cm³/mol. The molecule has 0 spiro atoms. The van der Waals surface area contributed by atoms with Crippen molar-refractivity contribution >= 4 is 11.7 Å². The molecular weight excluding hydrogens is 256 g/mol. The maximum absolute atomic E-state index is 11.6. The van der Waals surface area contributed by atoms with Crippen LogP contribution in [-0.2, 0) is 20.7 Å². The molecule has 1 heterocycles. The molecule has 1 fully saturated rings. The lowest BCUT2D eigenvalue weighted by Gasteiger charge is -2.26. The molecule has 1 aliphatic heterocycles. The Morgan fingerprint density at radius 3 is 2.90 bits per heavy atom. The van der Waals surface area contributed by atoms with E-state index in [0.29, 0.717) is 19.4 Å². The second-order valence-electron chi connectivity index (χ2n) is 4.92. The number of esters is 1. The van der Waals surface area contributed by atoms with Crippen molar-refractivity contribution in [3.63, 3.8) is 0 Å². The van der Waals surface area contributed by atoms with Crippen molar-refractivity contribution < 1.29 is 14.3 Å². The quantitative estimate of drug-likeness (QED) is 0.623. The van der Waals surface area contributed by atoms with E-state index in [1.165, 1.54) is 0 Å². The molecule has 5 nitrogen and oxygen atoms in total. The molecule has 0 unspecified atom stereocenters. The number of anilines is 1. The van der Waals surface area contributed by atoms with Gasteiger partial charge in [-0.2, -0.15) is 0 Å². The van der Waals surface area contributed by atoms with E-state index in [0.717, 1.165) is 44.1 Å². The third kappa shape index (κ3) is 5.19. The summed E-state index contributed by atoms with van der Waals surface area (Å²) in [4.78, 5) is 13.9. The summed E-state index contributed by atoms with van der Waals surface area (Å²) in [6, 6.07) is 7.59. The lowest BCUT2D eigenvalue weighted by molar-refractivity contribution is -0.144. The van der Waals surface area contributed by atoms with Crippen LogP contribution in [0.4, 0.5) is 5.69 Å². The molecule has 2 rings (SSSR count). The number of ether oxygens (including phenoxy) is 2. The maximum Gasteiger partial charge on any atom is 0.306 e. The third-order valence-electron chi connectivity index (χ3n) is 3.34. The Balaban J connectivity index is 1.60. The number of morpholine rings is 1. The molecule has 20 heavy (non-hydrogen) atoms. The minimum atomic E-state index is -0.152. The topological polar surface area (TPSA) is 64.8 Å². The van der Waals surface area contributed by atoms with Gasteiger partial charge in [0.15, 0.2) is 0 Å². The van der Waals surface area contributed by atoms with Crippen LogP contribution in [-0.4, -0.2) is 50.3 Å². The Bertz CT molecular complexity index is 431. The van der Waals surface area contributed by atoms with Crippen LogP contribution >= 0.6 is 0 Å². The van der Waals surface area contributed by atoms with Gasteiger partial charge in [0.05, 0.1) is 13.2 Å². The molecule has 0 radical (unpaired) electrons. The first-order valence-corrected chi connectivity index (χ1v) is 7.04. The van der Waals surface area contributed by atoms with Gasteiger partial charge in [0.25, 0.3) is 0 Å².